The molecule has 0 bridgehead atoms. The highest BCUT2D eigenvalue weighted by Gasteiger charge is 2.08. The fraction of sp³-hybridized carbons (Fsp3) is 0.529. The van der Waals surface area contributed by atoms with Gasteiger partial charge in [0, 0.05) is 12.8 Å². The molecule has 0 amide bonds. The number of rotatable bonds is 8. The van der Waals surface area contributed by atoms with Crippen molar-refractivity contribution in [3.63, 3.8) is 0 Å². The van der Waals surface area contributed by atoms with Crippen LogP contribution in [0.4, 0.5) is 0 Å². The number of benzene rings is 1. The summed E-state index contributed by atoms with van der Waals surface area (Å²) in [5, 5.41) is 0. The van der Waals surface area contributed by atoms with Crippen molar-refractivity contribution in [2.45, 2.75) is 46.6 Å². The molecule has 0 saturated carbocycles. The zero-order valence-corrected chi connectivity index (χ0v) is 13.1. The van der Waals surface area contributed by atoms with E-state index in [1.54, 1.807) is 0 Å². The minimum atomic E-state index is -0.285. The van der Waals surface area contributed by atoms with Crippen LogP contribution in [0.2, 0.25) is 0 Å². The van der Waals surface area contributed by atoms with Crippen molar-refractivity contribution in [1.29, 1.82) is 0 Å². The summed E-state index contributed by atoms with van der Waals surface area (Å²) in [5.41, 5.74) is 2.13. The highest BCUT2D eigenvalue weighted by atomic mass is 16.5. The normalized spacial score (nSPS) is 10.5. The van der Waals surface area contributed by atoms with E-state index in [1.165, 1.54) is 5.56 Å². The van der Waals surface area contributed by atoms with E-state index in [0.717, 1.165) is 5.56 Å². The quantitative estimate of drug-likeness (QED) is 0.689. The van der Waals surface area contributed by atoms with Crippen molar-refractivity contribution in [3.8, 4) is 0 Å². The number of ether oxygens (including phenoxy) is 2. The van der Waals surface area contributed by atoms with Gasteiger partial charge in [0.15, 0.2) is 0 Å². The third-order valence-corrected chi connectivity index (χ3v) is 2.86. The summed E-state index contributed by atoms with van der Waals surface area (Å²) in [6.45, 7) is 6.67. The molecule has 1 rings (SSSR count). The largest absolute Gasteiger partial charge is 0.465 e. The lowest BCUT2D eigenvalue weighted by atomic mass is 10.2. The highest BCUT2D eigenvalue weighted by molar-refractivity contribution is 5.72. The van der Waals surface area contributed by atoms with E-state index in [4.69, 9.17) is 9.47 Å². The van der Waals surface area contributed by atoms with Gasteiger partial charge in [-0.3, -0.25) is 9.59 Å². The van der Waals surface area contributed by atoms with Gasteiger partial charge in [0.1, 0.15) is 6.61 Å². The summed E-state index contributed by atoms with van der Waals surface area (Å²) in [7, 11) is 0. The monoisotopic (exact) mass is 292 g/mol. The van der Waals surface area contributed by atoms with Crippen molar-refractivity contribution in [2.24, 2.45) is 5.92 Å². The second-order valence-corrected chi connectivity index (χ2v) is 5.58. The fourth-order valence-electron chi connectivity index (χ4n) is 1.63. The van der Waals surface area contributed by atoms with Gasteiger partial charge >= 0.3 is 11.9 Å². The zero-order chi connectivity index (χ0) is 15.7. The van der Waals surface area contributed by atoms with E-state index in [1.807, 2.05) is 45.0 Å². The van der Waals surface area contributed by atoms with Crippen LogP contribution in [0.3, 0.4) is 0 Å². The molecule has 1 aromatic rings. The number of aryl methyl sites for hydroxylation is 1. The van der Waals surface area contributed by atoms with Crippen LogP contribution < -0.4 is 0 Å². The highest BCUT2D eigenvalue weighted by Crippen LogP contribution is 2.07. The van der Waals surface area contributed by atoms with Crippen molar-refractivity contribution in [2.75, 3.05) is 6.61 Å². The average molecular weight is 292 g/mol. The maximum Gasteiger partial charge on any atom is 0.306 e. The average Bonchev–Trinajstić information content (AvgIpc) is 2.44. The molecule has 116 valence electrons. The lowest BCUT2D eigenvalue weighted by molar-refractivity contribution is -0.146. The van der Waals surface area contributed by atoms with Gasteiger partial charge in [0.2, 0.25) is 0 Å². The minimum absolute atomic E-state index is 0.239. The van der Waals surface area contributed by atoms with Crippen molar-refractivity contribution < 1.29 is 19.1 Å². The molecule has 0 unspecified atom stereocenters. The van der Waals surface area contributed by atoms with Gasteiger partial charge in [0.25, 0.3) is 0 Å². The summed E-state index contributed by atoms with van der Waals surface area (Å²) in [6.07, 6.45) is 0.957. The topological polar surface area (TPSA) is 52.6 Å². The van der Waals surface area contributed by atoms with Crippen LogP contribution in [0.15, 0.2) is 24.3 Å². The standard InChI is InChI=1S/C17H24O4/c1-13(2)11-20-16(18)5-4-6-17(19)21-12-15-9-7-14(3)8-10-15/h7-10,13H,4-6,11-12H2,1-3H3. The molecule has 0 atom stereocenters. The molecule has 0 aliphatic heterocycles. The Morgan fingerprint density at radius 2 is 1.57 bits per heavy atom. The van der Waals surface area contributed by atoms with Crippen LogP contribution in [-0.4, -0.2) is 18.5 Å². The van der Waals surface area contributed by atoms with Gasteiger partial charge < -0.3 is 9.47 Å². The number of carbonyl (C=O) groups is 2. The van der Waals surface area contributed by atoms with Gasteiger partial charge in [-0.05, 0) is 24.8 Å². The lowest BCUT2D eigenvalue weighted by Gasteiger charge is -2.07. The summed E-state index contributed by atoms with van der Waals surface area (Å²) in [4.78, 5) is 22.9. The predicted molar refractivity (Wildman–Crippen MR) is 80.6 cm³/mol. The third kappa shape index (κ3) is 8.12. The van der Waals surface area contributed by atoms with Crippen LogP contribution in [0.1, 0.15) is 44.2 Å². The maximum absolute atomic E-state index is 11.6. The number of esters is 2. The Morgan fingerprint density at radius 1 is 1.00 bits per heavy atom. The molecular formula is C17H24O4. The number of carbonyl (C=O) groups excluding carboxylic acids is 2. The van der Waals surface area contributed by atoms with E-state index in [-0.39, 0.29) is 31.4 Å². The first-order valence-electron chi connectivity index (χ1n) is 7.34. The molecule has 0 N–H and O–H groups in total. The Hall–Kier alpha value is -1.84. The molecule has 1 aromatic carbocycles. The Labute approximate surface area is 126 Å². The van der Waals surface area contributed by atoms with Crippen molar-refractivity contribution >= 4 is 11.9 Å². The van der Waals surface area contributed by atoms with Crippen LogP contribution in [-0.2, 0) is 25.7 Å². The molecule has 0 aliphatic rings. The first kappa shape index (κ1) is 17.2. The molecule has 0 heterocycles. The SMILES string of the molecule is Cc1ccc(COC(=O)CCCC(=O)OCC(C)C)cc1. The van der Waals surface area contributed by atoms with E-state index in [2.05, 4.69) is 0 Å². The molecule has 21 heavy (non-hydrogen) atoms. The first-order valence-corrected chi connectivity index (χ1v) is 7.34. The summed E-state index contributed by atoms with van der Waals surface area (Å²) >= 11 is 0. The maximum atomic E-state index is 11.6. The number of hydrogen-bond acceptors (Lipinski definition) is 4. The Balaban J connectivity index is 2.14. The first-order chi connectivity index (χ1) is 9.97. The molecular weight excluding hydrogens is 268 g/mol. The minimum Gasteiger partial charge on any atom is -0.465 e. The second-order valence-electron chi connectivity index (χ2n) is 5.58. The molecule has 0 saturated heterocycles. The molecule has 0 spiro atoms. The number of hydrogen-bond donors (Lipinski definition) is 0. The van der Waals surface area contributed by atoms with Crippen LogP contribution in [0.25, 0.3) is 0 Å². The van der Waals surface area contributed by atoms with Gasteiger partial charge in [-0.2, -0.15) is 0 Å². The molecule has 0 aromatic heterocycles. The van der Waals surface area contributed by atoms with Gasteiger partial charge in [-0.25, -0.2) is 0 Å². The van der Waals surface area contributed by atoms with Gasteiger partial charge in [-0.15, -0.1) is 0 Å². The summed E-state index contributed by atoms with van der Waals surface area (Å²) in [5.74, 6) is -0.212. The Morgan fingerprint density at radius 3 is 2.14 bits per heavy atom. The molecule has 4 heteroatoms. The summed E-state index contributed by atoms with van der Waals surface area (Å²) in [6, 6.07) is 7.83. The van der Waals surface area contributed by atoms with Crippen molar-refractivity contribution in [1.82, 2.24) is 0 Å². The van der Waals surface area contributed by atoms with E-state index in [9.17, 15) is 9.59 Å². The Kier molecular flexibility index (Phi) is 7.51. The molecule has 4 nitrogen and oxygen atoms in total. The molecule has 0 aliphatic carbocycles. The van der Waals surface area contributed by atoms with Crippen LogP contribution in [0, 0.1) is 12.8 Å². The summed E-state index contributed by atoms with van der Waals surface area (Å²) < 4.78 is 10.2. The smallest absolute Gasteiger partial charge is 0.306 e. The van der Waals surface area contributed by atoms with Crippen LogP contribution in [0.5, 0.6) is 0 Å². The molecule has 0 fully saturated rings. The van der Waals surface area contributed by atoms with Crippen molar-refractivity contribution in [3.05, 3.63) is 35.4 Å². The van der Waals surface area contributed by atoms with E-state index < -0.39 is 0 Å². The third-order valence-electron chi connectivity index (χ3n) is 2.86. The molecule has 0 radical (unpaired) electrons. The fourth-order valence-corrected chi connectivity index (χ4v) is 1.63. The Bertz CT molecular complexity index is 448. The van der Waals surface area contributed by atoms with Gasteiger partial charge in [-0.1, -0.05) is 43.7 Å². The zero-order valence-electron chi connectivity index (χ0n) is 13.1. The lowest BCUT2D eigenvalue weighted by Crippen LogP contribution is -2.11. The van der Waals surface area contributed by atoms with E-state index in [0.29, 0.717) is 18.9 Å². The van der Waals surface area contributed by atoms with Crippen LogP contribution >= 0.6 is 0 Å². The van der Waals surface area contributed by atoms with E-state index >= 15 is 0 Å². The second kappa shape index (κ2) is 9.16. The predicted octanol–water partition coefficient (Wildman–Crippen LogP) is 3.41. The van der Waals surface area contributed by atoms with Gasteiger partial charge in [0.05, 0.1) is 6.61 Å².